The summed E-state index contributed by atoms with van der Waals surface area (Å²) < 4.78 is 47.1. The van der Waals surface area contributed by atoms with E-state index in [9.17, 15) is 22.4 Å². The highest BCUT2D eigenvalue weighted by Crippen LogP contribution is 2.47. The van der Waals surface area contributed by atoms with E-state index in [2.05, 4.69) is 0 Å². The maximum Gasteiger partial charge on any atom is 0.419 e. The van der Waals surface area contributed by atoms with Gasteiger partial charge in [0.05, 0.1) is 5.92 Å². The number of rotatable bonds is 2. The average molecular weight is 186 g/mol. The van der Waals surface area contributed by atoms with E-state index in [0.717, 1.165) is 0 Å². The van der Waals surface area contributed by atoms with Gasteiger partial charge in [-0.2, -0.15) is 13.2 Å². The second kappa shape index (κ2) is 2.60. The van der Waals surface area contributed by atoms with E-state index in [-0.39, 0.29) is 6.42 Å². The van der Waals surface area contributed by atoms with Gasteiger partial charge in [0, 0.05) is 5.92 Å². The first-order valence-electron chi connectivity index (χ1n) is 3.27. The van der Waals surface area contributed by atoms with Gasteiger partial charge in [0.1, 0.15) is 0 Å². The Morgan fingerprint density at radius 2 is 2.00 bits per heavy atom. The van der Waals surface area contributed by atoms with Crippen molar-refractivity contribution >= 4 is 5.97 Å². The van der Waals surface area contributed by atoms with Crippen LogP contribution < -0.4 is 0 Å². The lowest BCUT2D eigenvalue weighted by atomic mass is 10.2. The Hall–Kier alpha value is -0.810. The minimum atomic E-state index is -4.92. The Labute approximate surface area is 65.2 Å². The molecule has 0 aromatic rings. The first-order chi connectivity index (χ1) is 5.34. The molecule has 0 radical (unpaired) electrons. The van der Waals surface area contributed by atoms with Crippen LogP contribution in [-0.2, 0) is 4.79 Å². The van der Waals surface area contributed by atoms with Gasteiger partial charge >= 0.3 is 12.1 Å². The highest BCUT2D eigenvalue weighted by Gasteiger charge is 2.58. The van der Waals surface area contributed by atoms with Crippen LogP contribution in [0.25, 0.3) is 0 Å². The van der Waals surface area contributed by atoms with Crippen molar-refractivity contribution in [2.45, 2.75) is 18.8 Å². The van der Waals surface area contributed by atoms with E-state index in [1.807, 2.05) is 0 Å². The summed E-state index contributed by atoms with van der Waals surface area (Å²) in [5.74, 6) is -3.88. The zero-order chi connectivity index (χ0) is 9.52. The molecule has 70 valence electrons. The summed E-state index contributed by atoms with van der Waals surface area (Å²) in [6.45, 7) is 0. The van der Waals surface area contributed by atoms with E-state index in [4.69, 9.17) is 5.11 Å². The van der Waals surface area contributed by atoms with E-state index >= 15 is 0 Å². The van der Waals surface area contributed by atoms with Crippen LogP contribution >= 0.6 is 0 Å². The number of alkyl halides is 4. The van der Waals surface area contributed by atoms with Gasteiger partial charge in [-0.05, 0) is 6.42 Å². The fourth-order valence-electron chi connectivity index (χ4n) is 1.06. The third-order valence-electron chi connectivity index (χ3n) is 1.85. The normalized spacial score (nSPS) is 31.3. The number of hydrogen-bond acceptors (Lipinski definition) is 1. The molecule has 6 heteroatoms. The quantitative estimate of drug-likeness (QED) is 0.665. The highest BCUT2D eigenvalue weighted by molar-refractivity contribution is 5.73. The fraction of sp³-hybridized carbons (Fsp3) is 0.833. The molecule has 1 unspecified atom stereocenters. The summed E-state index contributed by atoms with van der Waals surface area (Å²) in [5, 5.41) is 8.20. The van der Waals surface area contributed by atoms with Crippen LogP contribution in [0.4, 0.5) is 17.6 Å². The summed E-state index contributed by atoms with van der Waals surface area (Å²) in [5.41, 5.74) is 0. The third-order valence-corrected chi connectivity index (χ3v) is 1.85. The van der Waals surface area contributed by atoms with Crippen molar-refractivity contribution in [2.24, 2.45) is 11.8 Å². The van der Waals surface area contributed by atoms with Crippen molar-refractivity contribution in [1.29, 1.82) is 0 Å². The molecule has 1 N–H and O–H groups in total. The molecule has 0 aromatic carbocycles. The Balaban J connectivity index is 2.49. The average Bonchev–Trinajstić information content (AvgIpc) is 2.61. The summed E-state index contributed by atoms with van der Waals surface area (Å²) in [6, 6.07) is 0. The van der Waals surface area contributed by atoms with Gasteiger partial charge in [-0.1, -0.05) is 0 Å². The van der Waals surface area contributed by atoms with Crippen LogP contribution in [0.2, 0.25) is 0 Å². The Kier molecular flexibility index (Phi) is 2.01. The van der Waals surface area contributed by atoms with E-state index < -0.39 is 30.2 Å². The molecule has 1 saturated carbocycles. The van der Waals surface area contributed by atoms with Gasteiger partial charge in [-0.15, -0.1) is 0 Å². The fourth-order valence-corrected chi connectivity index (χ4v) is 1.06. The van der Waals surface area contributed by atoms with Gasteiger partial charge in [0.25, 0.3) is 0 Å². The predicted molar refractivity (Wildman–Crippen MR) is 30.2 cm³/mol. The molecule has 1 fully saturated rings. The van der Waals surface area contributed by atoms with Crippen LogP contribution in [0.5, 0.6) is 0 Å². The first kappa shape index (κ1) is 9.28. The van der Waals surface area contributed by atoms with Crippen molar-refractivity contribution in [3.8, 4) is 0 Å². The molecule has 0 saturated heterocycles. The molecule has 0 spiro atoms. The number of carbonyl (C=O) groups is 1. The minimum Gasteiger partial charge on any atom is -0.481 e. The minimum absolute atomic E-state index is 0.212. The van der Waals surface area contributed by atoms with Gasteiger partial charge in [0.2, 0.25) is 0 Å². The van der Waals surface area contributed by atoms with Crippen LogP contribution in [0, 0.1) is 11.8 Å². The molecule has 12 heavy (non-hydrogen) atoms. The zero-order valence-corrected chi connectivity index (χ0v) is 5.81. The number of aliphatic carboxylic acids is 1. The van der Waals surface area contributed by atoms with Crippen molar-refractivity contribution in [3.05, 3.63) is 0 Å². The molecular formula is C6H6F4O2. The maximum absolute atomic E-state index is 12.3. The van der Waals surface area contributed by atoms with E-state index in [1.54, 1.807) is 0 Å². The lowest BCUT2D eigenvalue weighted by molar-refractivity contribution is -0.187. The van der Waals surface area contributed by atoms with Gasteiger partial charge < -0.3 is 5.11 Å². The van der Waals surface area contributed by atoms with E-state index in [0.29, 0.717) is 0 Å². The van der Waals surface area contributed by atoms with Gasteiger partial charge in [-0.25, -0.2) is 4.39 Å². The number of hydrogen-bond donors (Lipinski definition) is 1. The molecule has 3 atom stereocenters. The molecule has 0 aromatic heterocycles. The van der Waals surface area contributed by atoms with Crippen LogP contribution in [0.1, 0.15) is 6.42 Å². The molecule has 1 rings (SSSR count). The van der Waals surface area contributed by atoms with Crippen molar-refractivity contribution in [1.82, 2.24) is 0 Å². The SMILES string of the molecule is O=C(O)[C@@H]1C[C@H]1C(F)C(F)(F)F. The predicted octanol–water partition coefficient (Wildman–Crippen LogP) is 1.61. The van der Waals surface area contributed by atoms with E-state index in [1.165, 1.54) is 0 Å². The number of carboxylic acids is 1. The van der Waals surface area contributed by atoms with Crippen molar-refractivity contribution < 1.29 is 27.5 Å². The van der Waals surface area contributed by atoms with Gasteiger partial charge in [0.15, 0.2) is 6.17 Å². The molecule has 2 nitrogen and oxygen atoms in total. The third kappa shape index (κ3) is 1.67. The largest absolute Gasteiger partial charge is 0.481 e. The summed E-state index contributed by atoms with van der Waals surface area (Å²) in [7, 11) is 0. The summed E-state index contributed by atoms with van der Waals surface area (Å²) in [6.07, 6.45) is -8.12. The standard InChI is InChI=1S/C6H6F4O2/c7-4(6(8,9)10)2-1-3(2)5(11)12/h2-4H,1H2,(H,11,12)/t2-,3-,4?/m1/s1. The Bertz CT molecular complexity index is 200. The Morgan fingerprint density at radius 3 is 2.25 bits per heavy atom. The second-order valence-electron chi connectivity index (χ2n) is 2.79. The molecule has 0 bridgehead atoms. The molecule has 0 aliphatic heterocycles. The lowest BCUT2D eigenvalue weighted by Gasteiger charge is -2.10. The molecular weight excluding hydrogens is 180 g/mol. The molecule has 1 aliphatic rings. The molecule has 0 heterocycles. The van der Waals surface area contributed by atoms with Crippen molar-refractivity contribution in [3.63, 3.8) is 0 Å². The topological polar surface area (TPSA) is 37.3 Å². The molecule has 0 amide bonds. The zero-order valence-electron chi connectivity index (χ0n) is 5.81. The van der Waals surface area contributed by atoms with Crippen LogP contribution in [0.15, 0.2) is 0 Å². The van der Waals surface area contributed by atoms with Crippen molar-refractivity contribution in [2.75, 3.05) is 0 Å². The van der Waals surface area contributed by atoms with Crippen LogP contribution in [0.3, 0.4) is 0 Å². The highest BCUT2D eigenvalue weighted by atomic mass is 19.4. The first-order valence-corrected chi connectivity index (χ1v) is 3.27. The maximum atomic E-state index is 12.3. The summed E-state index contributed by atoms with van der Waals surface area (Å²) in [4.78, 5) is 10.1. The molecule has 1 aliphatic carbocycles. The number of carboxylic acid groups (broad SMARTS) is 1. The lowest BCUT2D eigenvalue weighted by Crippen LogP contribution is -2.27. The monoisotopic (exact) mass is 186 g/mol. The van der Waals surface area contributed by atoms with Crippen LogP contribution in [-0.4, -0.2) is 23.4 Å². The smallest absolute Gasteiger partial charge is 0.419 e. The second-order valence-corrected chi connectivity index (χ2v) is 2.79. The van der Waals surface area contributed by atoms with Gasteiger partial charge in [-0.3, -0.25) is 4.79 Å². The summed E-state index contributed by atoms with van der Waals surface area (Å²) >= 11 is 0. The number of halogens is 4. The Morgan fingerprint density at radius 1 is 1.50 bits per heavy atom.